The number of ether oxygens (including phenoxy) is 1. The zero-order valence-corrected chi connectivity index (χ0v) is 17.9. The summed E-state index contributed by atoms with van der Waals surface area (Å²) in [6, 6.07) is 20.4. The molecular formula is C21H17Br2N3O2. The summed E-state index contributed by atoms with van der Waals surface area (Å²) in [7, 11) is 0. The third-order valence-corrected chi connectivity index (χ3v) is 4.89. The Balaban J connectivity index is 1.76. The van der Waals surface area contributed by atoms with E-state index in [1.54, 1.807) is 24.3 Å². The minimum Gasteiger partial charge on any atom is -0.487 e. The van der Waals surface area contributed by atoms with Gasteiger partial charge in [0.2, 0.25) is 0 Å². The molecule has 0 heterocycles. The number of carbonyl (C=O) groups is 1. The molecule has 0 atom stereocenters. The summed E-state index contributed by atoms with van der Waals surface area (Å²) in [5.41, 5.74) is 10.8. The maximum absolute atomic E-state index is 12.2. The zero-order valence-electron chi connectivity index (χ0n) is 14.7. The summed E-state index contributed by atoms with van der Waals surface area (Å²) < 4.78 is 7.61. The van der Waals surface area contributed by atoms with Gasteiger partial charge < -0.3 is 10.5 Å². The molecular weight excluding hydrogens is 486 g/mol. The number of para-hydroxylation sites is 1. The number of hydrazone groups is 1. The smallest absolute Gasteiger partial charge is 0.273 e. The zero-order chi connectivity index (χ0) is 19.9. The van der Waals surface area contributed by atoms with E-state index >= 15 is 0 Å². The fraction of sp³-hybridized carbons (Fsp3) is 0.0476. The number of anilines is 1. The molecule has 0 bridgehead atoms. The molecule has 28 heavy (non-hydrogen) atoms. The van der Waals surface area contributed by atoms with Crippen LogP contribution in [0.25, 0.3) is 0 Å². The van der Waals surface area contributed by atoms with E-state index in [2.05, 4.69) is 42.4 Å². The largest absolute Gasteiger partial charge is 0.487 e. The highest BCUT2D eigenvalue weighted by atomic mass is 79.9. The molecule has 0 saturated carbocycles. The average Bonchev–Trinajstić information content (AvgIpc) is 2.68. The highest BCUT2D eigenvalue weighted by Crippen LogP contribution is 2.32. The Morgan fingerprint density at radius 3 is 2.54 bits per heavy atom. The lowest BCUT2D eigenvalue weighted by atomic mass is 10.2. The highest BCUT2D eigenvalue weighted by Gasteiger charge is 2.11. The summed E-state index contributed by atoms with van der Waals surface area (Å²) in [4.78, 5) is 12.2. The lowest BCUT2D eigenvalue weighted by Gasteiger charge is -2.12. The second-order valence-electron chi connectivity index (χ2n) is 5.87. The second-order valence-corrected chi connectivity index (χ2v) is 7.64. The first kappa shape index (κ1) is 20.1. The van der Waals surface area contributed by atoms with Crippen LogP contribution in [0.1, 0.15) is 21.5 Å². The van der Waals surface area contributed by atoms with Gasteiger partial charge in [-0.05, 0) is 45.8 Å². The van der Waals surface area contributed by atoms with Gasteiger partial charge in [0.25, 0.3) is 5.91 Å². The van der Waals surface area contributed by atoms with Gasteiger partial charge in [0, 0.05) is 15.7 Å². The van der Waals surface area contributed by atoms with Gasteiger partial charge in [-0.1, -0.05) is 58.4 Å². The summed E-state index contributed by atoms with van der Waals surface area (Å²) >= 11 is 6.98. The lowest BCUT2D eigenvalue weighted by Crippen LogP contribution is -2.19. The Morgan fingerprint density at radius 2 is 1.79 bits per heavy atom. The van der Waals surface area contributed by atoms with Crippen LogP contribution in [-0.4, -0.2) is 12.1 Å². The molecule has 0 aliphatic rings. The number of nitrogens with zero attached hydrogens (tertiary/aromatic N) is 1. The van der Waals surface area contributed by atoms with Crippen LogP contribution in [0.4, 0.5) is 5.69 Å². The first-order valence-electron chi connectivity index (χ1n) is 8.38. The minimum absolute atomic E-state index is 0.371. The summed E-state index contributed by atoms with van der Waals surface area (Å²) in [6.07, 6.45) is 1.53. The molecule has 5 nitrogen and oxygen atoms in total. The Bertz CT molecular complexity index is 1010. The molecule has 1 amide bonds. The number of carbonyl (C=O) groups excluding carboxylic acids is 1. The monoisotopic (exact) mass is 501 g/mol. The lowest BCUT2D eigenvalue weighted by molar-refractivity contribution is 0.0956. The van der Waals surface area contributed by atoms with Crippen LogP contribution in [0.2, 0.25) is 0 Å². The van der Waals surface area contributed by atoms with E-state index in [1.807, 2.05) is 42.5 Å². The quantitative estimate of drug-likeness (QED) is 0.278. The van der Waals surface area contributed by atoms with E-state index in [0.29, 0.717) is 29.2 Å². The van der Waals surface area contributed by atoms with Crippen molar-refractivity contribution in [1.82, 2.24) is 5.43 Å². The van der Waals surface area contributed by atoms with Crippen molar-refractivity contribution in [2.45, 2.75) is 6.61 Å². The van der Waals surface area contributed by atoms with Gasteiger partial charge in [0.1, 0.15) is 12.4 Å². The van der Waals surface area contributed by atoms with Crippen LogP contribution in [-0.2, 0) is 6.61 Å². The third-order valence-electron chi connectivity index (χ3n) is 3.84. The molecule has 0 fully saturated rings. The van der Waals surface area contributed by atoms with Gasteiger partial charge in [0.15, 0.2) is 0 Å². The Labute approximate surface area is 179 Å². The Kier molecular flexibility index (Phi) is 6.84. The predicted octanol–water partition coefficient (Wildman–Crippen LogP) is 5.14. The van der Waals surface area contributed by atoms with Gasteiger partial charge in [-0.15, -0.1) is 0 Å². The van der Waals surface area contributed by atoms with Crippen molar-refractivity contribution in [2.24, 2.45) is 5.10 Å². The third kappa shape index (κ3) is 5.21. The second kappa shape index (κ2) is 9.52. The van der Waals surface area contributed by atoms with Crippen LogP contribution < -0.4 is 15.9 Å². The molecule has 0 radical (unpaired) electrons. The fourth-order valence-corrected chi connectivity index (χ4v) is 3.86. The fourth-order valence-electron chi connectivity index (χ4n) is 2.48. The van der Waals surface area contributed by atoms with Crippen LogP contribution in [0.15, 0.2) is 80.8 Å². The maximum atomic E-state index is 12.2. The number of halogens is 2. The van der Waals surface area contributed by atoms with Gasteiger partial charge in [-0.3, -0.25) is 4.79 Å². The van der Waals surface area contributed by atoms with Crippen molar-refractivity contribution in [3.05, 3.63) is 92.4 Å². The normalized spacial score (nSPS) is 10.8. The van der Waals surface area contributed by atoms with Gasteiger partial charge >= 0.3 is 0 Å². The summed E-state index contributed by atoms with van der Waals surface area (Å²) in [5.74, 6) is 0.249. The Hall–Kier alpha value is -2.64. The number of benzene rings is 3. The van der Waals surface area contributed by atoms with Crippen LogP contribution in [0.3, 0.4) is 0 Å². The van der Waals surface area contributed by atoms with Crippen LogP contribution in [0.5, 0.6) is 5.75 Å². The van der Waals surface area contributed by atoms with Crippen molar-refractivity contribution in [3.63, 3.8) is 0 Å². The molecule has 0 unspecified atom stereocenters. The number of nitrogen functional groups attached to an aromatic ring is 1. The van der Waals surface area contributed by atoms with Crippen molar-refractivity contribution < 1.29 is 9.53 Å². The number of hydrogen-bond donors (Lipinski definition) is 2. The van der Waals surface area contributed by atoms with Gasteiger partial charge in [-0.2, -0.15) is 5.10 Å². The van der Waals surface area contributed by atoms with Crippen molar-refractivity contribution in [2.75, 3.05) is 5.73 Å². The number of nitrogens with one attached hydrogen (secondary N) is 1. The van der Waals surface area contributed by atoms with Gasteiger partial charge in [-0.25, -0.2) is 5.43 Å². The topological polar surface area (TPSA) is 76.7 Å². The number of hydrogen-bond acceptors (Lipinski definition) is 4. The first-order valence-corrected chi connectivity index (χ1v) is 9.97. The predicted molar refractivity (Wildman–Crippen MR) is 119 cm³/mol. The van der Waals surface area contributed by atoms with E-state index < -0.39 is 0 Å². The number of rotatable bonds is 6. The number of nitrogens with two attached hydrogens (primary N) is 1. The molecule has 142 valence electrons. The van der Waals surface area contributed by atoms with Crippen LogP contribution in [0, 0.1) is 0 Å². The molecule has 3 N–H and O–H groups in total. The van der Waals surface area contributed by atoms with E-state index in [1.165, 1.54) is 6.21 Å². The molecule has 0 spiro atoms. The Morgan fingerprint density at radius 1 is 1.07 bits per heavy atom. The maximum Gasteiger partial charge on any atom is 0.273 e. The molecule has 0 aliphatic carbocycles. The van der Waals surface area contributed by atoms with Crippen molar-refractivity contribution in [1.29, 1.82) is 0 Å². The van der Waals surface area contributed by atoms with E-state index in [9.17, 15) is 4.79 Å². The standard InChI is InChI=1S/C21H17Br2N3O2/c22-16-10-15(12-25-26-21(27)17-8-4-5-9-19(17)24)20(18(23)11-16)28-13-14-6-2-1-3-7-14/h1-12H,13,24H2,(H,26,27)/b25-12+. The molecule has 3 aromatic carbocycles. The average molecular weight is 503 g/mol. The van der Waals surface area contributed by atoms with Gasteiger partial charge in [0.05, 0.1) is 16.3 Å². The summed E-state index contributed by atoms with van der Waals surface area (Å²) in [6.45, 7) is 0.412. The van der Waals surface area contributed by atoms with Crippen molar-refractivity contribution in [3.8, 4) is 5.75 Å². The highest BCUT2D eigenvalue weighted by molar-refractivity contribution is 9.11. The van der Waals surface area contributed by atoms with Crippen LogP contribution >= 0.6 is 31.9 Å². The molecule has 3 rings (SSSR count). The summed E-state index contributed by atoms with van der Waals surface area (Å²) in [5, 5.41) is 4.06. The molecule has 3 aromatic rings. The number of amides is 1. The molecule has 7 heteroatoms. The van der Waals surface area contributed by atoms with Crippen molar-refractivity contribution >= 4 is 49.7 Å². The van der Waals surface area contributed by atoms with E-state index in [4.69, 9.17) is 10.5 Å². The first-order chi connectivity index (χ1) is 13.5. The minimum atomic E-state index is -0.379. The SMILES string of the molecule is Nc1ccccc1C(=O)N/N=C/c1cc(Br)cc(Br)c1OCc1ccccc1. The molecule has 0 aromatic heterocycles. The van der Waals surface area contributed by atoms with E-state index in [0.717, 1.165) is 14.5 Å². The molecule has 0 aliphatic heterocycles. The molecule has 0 saturated heterocycles. The van der Waals surface area contributed by atoms with E-state index in [-0.39, 0.29) is 5.91 Å².